The Bertz CT molecular complexity index is 1020. The van der Waals surface area contributed by atoms with E-state index in [0.717, 1.165) is 43.6 Å². The van der Waals surface area contributed by atoms with Gasteiger partial charge in [-0.1, -0.05) is 35.9 Å². The van der Waals surface area contributed by atoms with E-state index < -0.39 is 11.9 Å². The van der Waals surface area contributed by atoms with Crippen LogP contribution in [0.1, 0.15) is 29.5 Å². The normalized spacial score (nSPS) is 13.7. The molecule has 0 saturated carbocycles. The molecule has 10 heteroatoms. The Morgan fingerprint density at radius 2 is 1.47 bits per heavy atom. The lowest BCUT2D eigenvalue weighted by Crippen LogP contribution is -2.40. The highest BCUT2D eigenvalue weighted by molar-refractivity contribution is 6.27. The highest BCUT2D eigenvalue weighted by Gasteiger charge is 2.26. The lowest BCUT2D eigenvalue weighted by atomic mass is 9.95. The van der Waals surface area contributed by atoms with Crippen LogP contribution in [0.15, 0.2) is 36.4 Å². The van der Waals surface area contributed by atoms with Gasteiger partial charge in [-0.3, -0.25) is 9.69 Å². The van der Waals surface area contributed by atoms with Gasteiger partial charge in [0.05, 0.1) is 21.3 Å². The maximum absolute atomic E-state index is 12.6. The van der Waals surface area contributed by atoms with E-state index in [-0.39, 0.29) is 11.8 Å². The van der Waals surface area contributed by atoms with Crippen molar-refractivity contribution < 1.29 is 38.8 Å². The summed E-state index contributed by atoms with van der Waals surface area (Å²) in [6.45, 7) is 5.15. The molecule has 0 aliphatic carbocycles. The minimum atomic E-state index is -1.82. The number of carbonyl (C=O) groups is 3. The molecule has 0 bridgehead atoms. The predicted octanol–water partition coefficient (Wildman–Crippen LogP) is 2.70. The standard InChI is InChI=1S/C24H32N2O4.C2H2O4/c1-17-5-7-18(8-6-17)15-25-24(27)19-11-13-26(14-12-19)16-20-9-10-21(28-2)23(30-4)22(20)29-3;3-1(4)2(5)6/h5-10,19H,11-16H2,1-4H3,(H,25,27);(H,3,4)(H,5,6). The molecular weight excluding hydrogens is 468 g/mol. The van der Waals surface area contributed by atoms with Crippen LogP contribution in [-0.2, 0) is 27.5 Å². The maximum atomic E-state index is 12.6. The predicted molar refractivity (Wildman–Crippen MR) is 132 cm³/mol. The van der Waals surface area contributed by atoms with Crippen LogP contribution in [0.3, 0.4) is 0 Å². The van der Waals surface area contributed by atoms with Crippen LogP contribution in [0.25, 0.3) is 0 Å². The number of nitrogens with zero attached hydrogens (tertiary/aromatic N) is 1. The lowest BCUT2D eigenvalue weighted by molar-refractivity contribution is -0.159. The van der Waals surface area contributed by atoms with E-state index in [1.807, 2.05) is 12.1 Å². The maximum Gasteiger partial charge on any atom is 0.414 e. The molecule has 3 rings (SSSR count). The van der Waals surface area contributed by atoms with Crippen molar-refractivity contribution in [2.45, 2.75) is 32.9 Å². The van der Waals surface area contributed by atoms with Crippen molar-refractivity contribution in [2.75, 3.05) is 34.4 Å². The molecule has 0 atom stereocenters. The van der Waals surface area contributed by atoms with E-state index in [4.69, 9.17) is 34.0 Å². The molecule has 36 heavy (non-hydrogen) atoms. The summed E-state index contributed by atoms with van der Waals surface area (Å²) in [5.74, 6) is -1.46. The third kappa shape index (κ3) is 8.16. The number of carboxylic acid groups (broad SMARTS) is 2. The van der Waals surface area contributed by atoms with Crippen LogP contribution in [0.5, 0.6) is 17.2 Å². The first-order valence-corrected chi connectivity index (χ1v) is 11.5. The molecule has 1 saturated heterocycles. The fourth-order valence-corrected chi connectivity index (χ4v) is 3.92. The first-order valence-electron chi connectivity index (χ1n) is 11.5. The number of hydrogen-bond donors (Lipinski definition) is 3. The van der Waals surface area contributed by atoms with Crippen LogP contribution in [0.2, 0.25) is 0 Å². The Balaban J connectivity index is 0.000000678. The number of piperidine rings is 1. The van der Waals surface area contributed by atoms with Crippen molar-refractivity contribution in [3.8, 4) is 17.2 Å². The fourth-order valence-electron chi connectivity index (χ4n) is 3.92. The zero-order chi connectivity index (χ0) is 26.7. The molecular formula is C26H34N2O8. The van der Waals surface area contributed by atoms with Crippen molar-refractivity contribution in [1.29, 1.82) is 0 Å². The summed E-state index contributed by atoms with van der Waals surface area (Å²) in [5.41, 5.74) is 3.41. The van der Waals surface area contributed by atoms with Gasteiger partial charge < -0.3 is 29.7 Å². The quantitative estimate of drug-likeness (QED) is 0.466. The molecule has 1 aliphatic rings. The third-order valence-electron chi connectivity index (χ3n) is 5.91. The number of carbonyl (C=O) groups excluding carboxylic acids is 1. The van der Waals surface area contributed by atoms with E-state index >= 15 is 0 Å². The summed E-state index contributed by atoms with van der Waals surface area (Å²) in [6, 6.07) is 12.2. The number of rotatable bonds is 8. The van der Waals surface area contributed by atoms with Gasteiger partial charge in [-0.25, -0.2) is 9.59 Å². The molecule has 2 aromatic rings. The summed E-state index contributed by atoms with van der Waals surface area (Å²) in [7, 11) is 4.88. The number of methoxy groups -OCH3 is 3. The molecule has 0 aromatic heterocycles. The molecule has 1 fully saturated rings. The fraction of sp³-hybridized carbons (Fsp3) is 0.423. The summed E-state index contributed by atoms with van der Waals surface area (Å²) >= 11 is 0. The molecule has 1 heterocycles. The minimum absolute atomic E-state index is 0.0685. The van der Waals surface area contributed by atoms with Gasteiger partial charge in [0.2, 0.25) is 11.7 Å². The zero-order valence-electron chi connectivity index (χ0n) is 21.1. The number of amides is 1. The largest absolute Gasteiger partial charge is 0.493 e. The summed E-state index contributed by atoms with van der Waals surface area (Å²) in [4.78, 5) is 33.1. The van der Waals surface area contributed by atoms with E-state index in [9.17, 15) is 4.79 Å². The number of carboxylic acids is 2. The Morgan fingerprint density at radius 1 is 0.889 bits per heavy atom. The average Bonchev–Trinajstić information content (AvgIpc) is 2.88. The highest BCUT2D eigenvalue weighted by atomic mass is 16.5. The first kappa shape index (κ1) is 28.4. The number of benzene rings is 2. The van der Waals surface area contributed by atoms with Gasteiger partial charge in [0.25, 0.3) is 0 Å². The molecule has 1 amide bonds. The van der Waals surface area contributed by atoms with E-state index in [1.54, 1.807) is 21.3 Å². The number of aryl methyl sites for hydroxylation is 1. The van der Waals surface area contributed by atoms with Gasteiger partial charge in [-0.2, -0.15) is 0 Å². The van der Waals surface area contributed by atoms with Crippen LogP contribution in [-0.4, -0.2) is 67.4 Å². The first-order chi connectivity index (χ1) is 17.2. The van der Waals surface area contributed by atoms with Crippen molar-refractivity contribution in [3.05, 3.63) is 53.1 Å². The van der Waals surface area contributed by atoms with Crippen LogP contribution >= 0.6 is 0 Å². The monoisotopic (exact) mass is 502 g/mol. The number of nitrogens with one attached hydrogen (secondary N) is 1. The van der Waals surface area contributed by atoms with Crippen molar-refractivity contribution in [3.63, 3.8) is 0 Å². The third-order valence-corrected chi connectivity index (χ3v) is 5.91. The molecule has 0 spiro atoms. The molecule has 0 unspecified atom stereocenters. The number of aliphatic carboxylic acids is 2. The smallest absolute Gasteiger partial charge is 0.414 e. The van der Waals surface area contributed by atoms with Crippen LogP contribution in [0, 0.1) is 12.8 Å². The molecule has 0 radical (unpaired) electrons. The van der Waals surface area contributed by atoms with E-state index in [2.05, 4.69) is 41.4 Å². The number of ether oxygens (including phenoxy) is 3. The van der Waals surface area contributed by atoms with Gasteiger partial charge in [-0.05, 0) is 44.5 Å². The second-order valence-electron chi connectivity index (χ2n) is 8.36. The second-order valence-corrected chi connectivity index (χ2v) is 8.36. The SMILES string of the molecule is COc1ccc(CN2CCC(C(=O)NCc3ccc(C)cc3)CC2)c(OC)c1OC.O=C(O)C(=O)O. The summed E-state index contributed by atoms with van der Waals surface area (Å²) in [6.07, 6.45) is 1.71. The molecule has 1 aliphatic heterocycles. The van der Waals surface area contributed by atoms with Crippen LogP contribution < -0.4 is 19.5 Å². The Kier molecular flexibility index (Phi) is 11.0. The Hall–Kier alpha value is -3.79. The van der Waals surface area contributed by atoms with Crippen molar-refractivity contribution >= 4 is 17.8 Å². The van der Waals surface area contributed by atoms with Gasteiger partial charge in [0.15, 0.2) is 11.5 Å². The highest BCUT2D eigenvalue weighted by Crippen LogP contribution is 2.40. The van der Waals surface area contributed by atoms with Gasteiger partial charge in [-0.15, -0.1) is 0 Å². The summed E-state index contributed by atoms with van der Waals surface area (Å²) < 4.78 is 16.4. The average molecular weight is 503 g/mol. The summed E-state index contributed by atoms with van der Waals surface area (Å²) in [5, 5.41) is 17.9. The van der Waals surface area contributed by atoms with Crippen molar-refractivity contribution in [2.24, 2.45) is 5.92 Å². The van der Waals surface area contributed by atoms with Gasteiger partial charge in [0.1, 0.15) is 0 Å². The van der Waals surface area contributed by atoms with Gasteiger partial charge >= 0.3 is 11.9 Å². The second kappa shape index (κ2) is 13.9. The van der Waals surface area contributed by atoms with Crippen molar-refractivity contribution in [1.82, 2.24) is 10.2 Å². The Morgan fingerprint density at radius 3 is 1.97 bits per heavy atom. The molecule has 2 aromatic carbocycles. The van der Waals surface area contributed by atoms with E-state index in [1.165, 1.54) is 5.56 Å². The Labute approximate surface area is 210 Å². The topological polar surface area (TPSA) is 135 Å². The molecule has 196 valence electrons. The number of likely N-dealkylation sites (tertiary alicyclic amines) is 1. The molecule has 10 nitrogen and oxygen atoms in total. The van der Waals surface area contributed by atoms with Crippen LogP contribution in [0.4, 0.5) is 0 Å². The number of hydrogen-bond acceptors (Lipinski definition) is 7. The van der Waals surface area contributed by atoms with E-state index in [0.29, 0.717) is 23.8 Å². The minimum Gasteiger partial charge on any atom is -0.493 e. The zero-order valence-corrected chi connectivity index (χ0v) is 21.1. The molecule has 3 N–H and O–H groups in total. The van der Waals surface area contributed by atoms with Gasteiger partial charge in [0, 0.05) is 24.6 Å². The lowest BCUT2D eigenvalue weighted by Gasteiger charge is -2.31.